The monoisotopic (exact) mass is 834 g/mol. The summed E-state index contributed by atoms with van der Waals surface area (Å²) in [4.78, 5) is 66.0. The third-order valence-corrected chi connectivity index (χ3v) is 13.3. The van der Waals surface area contributed by atoms with Crippen LogP contribution in [0.15, 0.2) is 71.8 Å². The number of benzene rings is 3. The van der Waals surface area contributed by atoms with E-state index in [1.165, 1.54) is 37.1 Å². The van der Waals surface area contributed by atoms with Crippen LogP contribution < -0.4 is 30.9 Å². The first kappa shape index (κ1) is 40.0. The van der Waals surface area contributed by atoms with Crippen molar-refractivity contribution in [3.05, 3.63) is 83.0 Å². The lowest BCUT2D eigenvalue weighted by Crippen LogP contribution is -2.52. The van der Waals surface area contributed by atoms with Crippen LogP contribution in [0, 0.1) is 0 Å². The maximum atomic E-state index is 13.4. The van der Waals surface area contributed by atoms with Crippen molar-refractivity contribution < 1.29 is 37.5 Å². The normalized spacial score (nSPS) is 17.0. The molecule has 2 saturated heterocycles. The zero-order chi connectivity index (χ0) is 40.3. The third kappa shape index (κ3) is 8.43. The molecular weight excluding hydrogens is 795 g/mol. The van der Waals surface area contributed by atoms with Crippen molar-refractivity contribution in [3.8, 4) is 5.75 Å². The van der Waals surface area contributed by atoms with Crippen molar-refractivity contribution in [1.82, 2.24) is 25.1 Å². The number of anilines is 5. The van der Waals surface area contributed by atoms with E-state index in [-0.39, 0.29) is 59.6 Å². The number of nitrogens with one attached hydrogen (secondary N) is 3. The van der Waals surface area contributed by atoms with Crippen LogP contribution >= 0.6 is 31.0 Å². The Hall–Kier alpha value is -5.19. The van der Waals surface area contributed by atoms with Crippen LogP contribution in [-0.2, 0) is 34.5 Å². The highest BCUT2D eigenvalue weighted by Crippen LogP contribution is 2.47. The van der Waals surface area contributed by atoms with E-state index in [0.29, 0.717) is 54.2 Å². The molecule has 3 aliphatic heterocycles. The first-order chi connectivity index (χ1) is 27.5. The summed E-state index contributed by atoms with van der Waals surface area (Å²) in [6, 6.07) is 17.3. The van der Waals surface area contributed by atoms with Gasteiger partial charge >= 0.3 is 7.60 Å². The minimum Gasteiger partial charge on any atom is -0.494 e. The number of imide groups is 1. The van der Waals surface area contributed by atoms with Gasteiger partial charge in [0.15, 0.2) is 5.82 Å². The second kappa shape index (κ2) is 17.1. The lowest BCUT2D eigenvalue weighted by atomic mass is 10.0. The summed E-state index contributed by atoms with van der Waals surface area (Å²) in [6.07, 6.45) is 1.92. The molecule has 3 aromatic carbocycles. The smallest absolute Gasteiger partial charge is 0.362 e. The molecule has 1 atom stereocenters. The number of halogens is 1. The van der Waals surface area contributed by atoms with Gasteiger partial charge in [0.25, 0.3) is 5.91 Å². The number of amides is 4. The van der Waals surface area contributed by atoms with E-state index in [2.05, 4.69) is 30.8 Å². The summed E-state index contributed by atoms with van der Waals surface area (Å²) in [6.45, 7) is 2.52. The molecule has 3 N–H and O–H groups in total. The van der Waals surface area contributed by atoms with Gasteiger partial charge in [-0.3, -0.25) is 29.1 Å². The first-order valence-electron chi connectivity index (χ1n) is 18.0. The van der Waals surface area contributed by atoms with Gasteiger partial charge in [-0.2, -0.15) is 4.98 Å². The molecule has 0 radical (unpaired) electrons. The van der Waals surface area contributed by atoms with Crippen molar-refractivity contribution in [3.63, 3.8) is 0 Å². The summed E-state index contributed by atoms with van der Waals surface area (Å²) < 4.78 is 29.3. The second-order valence-corrected chi connectivity index (χ2v) is 16.9. The van der Waals surface area contributed by atoms with Gasteiger partial charge in [0, 0.05) is 75.6 Å². The number of fused-ring (bicyclic) bond motifs is 1. The molecule has 16 nitrogen and oxygen atoms in total. The molecular formula is C38H40ClN8O8PS. The molecule has 4 heterocycles. The summed E-state index contributed by atoms with van der Waals surface area (Å²) >= 11 is 7.84. The van der Waals surface area contributed by atoms with E-state index in [0.717, 1.165) is 16.1 Å². The van der Waals surface area contributed by atoms with Crippen LogP contribution in [0.3, 0.4) is 0 Å². The zero-order valence-electron chi connectivity index (χ0n) is 31.3. The molecule has 0 bridgehead atoms. The SMILES string of the molecule is COc1cc(N2CCN(C(=O)CSc3cccc4c3CN(C3CCC(=O)NC3=O)C4=O)CC2)ccc1Nc1ncc(Cl)c(Nc2ccccc2P(=O)(OC)OC)n1. The highest BCUT2D eigenvalue weighted by atomic mass is 35.5. The van der Waals surface area contributed by atoms with E-state index < -0.39 is 19.5 Å². The minimum atomic E-state index is -3.59. The number of aromatic nitrogens is 2. The molecule has 4 aromatic rings. The first-order valence-corrected chi connectivity index (χ1v) is 20.9. The number of piperidine rings is 1. The fourth-order valence-electron chi connectivity index (χ4n) is 6.97. The van der Waals surface area contributed by atoms with Crippen molar-refractivity contribution in [1.29, 1.82) is 0 Å². The van der Waals surface area contributed by atoms with Crippen LogP contribution in [0.4, 0.5) is 28.8 Å². The largest absolute Gasteiger partial charge is 0.494 e. The average Bonchev–Trinajstić information content (AvgIpc) is 3.57. The molecule has 0 saturated carbocycles. The van der Waals surface area contributed by atoms with Crippen molar-refractivity contribution in [2.45, 2.75) is 30.3 Å². The average molecular weight is 835 g/mol. The van der Waals surface area contributed by atoms with E-state index in [1.54, 1.807) is 43.5 Å². The highest BCUT2D eigenvalue weighted by molar-refractivity contribution is 8.00. The molecule has 3 aliphatic rings. The third-order valence-electron chi connectivity index (χ3n) is 10.00. The van der Waals surface area contributed by atoms with Gasteiger partial charge in [-0.05, 0) is 48.4 Å². The topological polar surface area (TPSA) is 185 Å². The highest BCUT2D eigenvalue weighted by Gasteiger charge is 2.40. The number of hydrogen-bond acceptors (Lipinski definition) is 14. The number of ether oxygens (including phenoxy) is 1. The Morgan fingerprint density at radius 1 is 0.982 bits per heavy atom. The maximum Gasteiger partial charge on any atom is 0.362 e. The molecule has 19 heteroatoms. The zero-order valence-corrected chi connectivity index (χ0v) is 33.8. The van der Waals surface area contributed by atoms with Crippen LogP contribution in [0.1, 0.15) is 28.8 Å². The lowest BCUT2D eigenvalue weighted by Gasteiger charge is -2.36. The Balaban J connectivity index is 0.953. The lowest BCUT2D eigenvalue weighted by molar-refractivity contribution is -0.137. The molecule has 0 spiro atoms. The number of methoxy groups -OCH3 is 1. The molecule has 1 aromatic heterocycles. The minimum absolute atomic E-state index is 0.00699. The van der Waals surface area contributed by atoms with Crippen LogP contribution in [0.2, 0.25) is 5.02 Å². The van der Waals surface area contributed by atoms with Crippen molar-refractivity contribution >= 4 is 88.7 Å². The Labute approximate surface area is 338 Å². The van der Waals surface area contributed by atoms with E-state index in [9.17, 15) is 23.7 Å². The van der Waals surface area contributed by atoms with Gasteiger partial charge in [-0.15, -0.1) is 11.8 Å². The quantitative estimate of drug-likeness (QED) is 0.0935. The number of piperazine rings is 1. The van der Waals surface area contributed by atoms with Gasteiger partial charge in [0.1, 0.15) is 16.8 Å². The summed E-state index contributed by atoms with van der Waals surface area (Å²) in [7, 11) is 0.609. The maximum absolute atomic E-state index is 13.4. The van der Waals surface area contributed by atoms with Crippen LogP contribution in [-0.4, -0.2) is 103 Å². The van der Waals surface area contributed by atoms with Gasteiger partial charge < -0.3 is 39.1 Å². The fourth-order valence-corrected chi connectivity index (χ4v) is 9.33. The predicted molar refractivity (Wildman–Crippen MR) is 216 cm³/mol. The molecule has 7 rings (SSSR count). The van der Waals surface area contributed by atoms with Crippen molar-refractivity contribution in [2.24, 2.45) is 0 Å². The molecule has 4 amide bonds. The molecule has 2 fully saturated rings. The van der Waals surface area contributed by atoms with Crippen LogP contribution in [0.5, 0.6) is 5.75 Å². The van der Waals surface area contributed by atoms with Crippen LogP contribution in [0.25, 0.3) is 0 Å². The molecule has 57 heavy (non-hydrogen) atoms. The summed E-state index contributed by atoms with van der Waals surface area (Å²) in [5.41, 5.74) is 3.28. The van der Waals surface area contributed by atoms with Gasteiger partial charge in [-0.1, -0.05) is 29.8 Å². The van der Waals surface area contributed by atoms with E-state index in [4.69, 9.17) is 25.4 Å². The summed E-state index contributed by atoms with van der Waals surface area (Å²) in [5.74, 6) is 0.211. The van der Waals surface area contributed by atoms with Gasteiger partial charge in [-0.25, -0.2) is 4.98 Å². The molecule has 1 unspecified atom stereocenters. The predicted octanol–water partition coefficient (Wildman–Crippen LogP) is 4.94. The second-order valence-electron chi connectivity index (χ2n) is 13.2. The Morgan fingerprint density at radius 2 is 1.75 bits per heavy atom. The standard InChI is InChI=1S/C38H40ClN8O8PS/c1-53-30-19-23(11-12-27(30)42-38-40-20-26(39)35(44-38)41-28-8-4-5-9-31(28)56(52,54-2)55-3)45-15-17-46(18-16-45)34(49)22-57-32-10-6-7-24-25(32)21-47(37(24)51)29-13-14-33(48)43-36(29)50/h4-12,19-20,29H,13-18,21-22H2,1-3H3,(H,43,48,50)(H2,40,41,42,44). The summed E-state index contributed by atoms with van der Waals surface area (Å²) in [5, 5.41) is 9.19. The molecule has 0 aliphatic carbocycles. The van der Waals surface area contributed by atoms with E-state index in [1.807, 2.05) is 29.2 Å². The number of para-hydroxylation sites is 1. The van der Waals surface area contributed by atoms with Crippen molar-refractivity contribution in [2.75, 3.05) is 68.8 Å². The number of nitrogens with zero attached hydrogens (tertiary/aromatic N) is 5. The number of carbonyl (C=O) groups is 4. The Bertz CT molecular complexity index is 2270. The Morgan fingerprint density at radius 3 is 2.49 bits per heavy atom. The number of thioether (sulfide) groups is 1. The Kier molecular flexibility index (Phi) is 12.0. The number of rotatable bonds is 13. The van der Waals surface area contributed by atoms with Gasteiger partial charge in [0.05, 0.1) is 35.7 Å². The number of carbonyl (C=O) groups excluding carboxylic acids is 4. The van der Waals surface area contributed by atoms with Gasteiger partial charge in [0.2, 0.25) is 23.7 Å². The molecule has 298 valence electrons. The fraction of sp³-hybridized carbons (Fsp3) is 0.316. The van der Waals surface area contributed by atoms with E-state index >= 15 is 0 Å². The number of hydrogen-bond donors (Lipinski definition) is 3.